The maximum Gasteiger partial charge on any atom is 0.218 e. The number of nitrogens with two attached hydrogens (primary N) is 1. The molecule has 1 aliphatic rings. The van der Waals surface area contributed by atoms with Gasteiger partial charge in [-0.3, -0.25) is 4.79 Å². The standard InChI is InChI=1S/C14H22N4O2/c1-2-20-14-8-13(16-10-17-14)18-7-3-4-11(9-18)5-6-12(15)19/h8,10-11H,2-7,9H2,1H3,(H2,15,19)/t11-/m1/s1. The number of piperidine rings is 1. The van der Waals surface area contributed by atoms with Gasteiger partial charge in [0.1, 0.15) is 12.1 Å². The third-order valence-corrected chi connectivity index (χ3v) is 3.56. The summed E-state index contributed by atoms with van der Waals surface area (Å²) in [5.74, 6) is 1.79. The first-order valence-corrected chi connectivity index (χ1v) is 7.17. The fourth-order valence-corrected chi connectivity index (χ4v) is 2.58. The van der Waals surface area contributed by atoms with Crippen LogP contribution in [0, 0.1) is 5.92 Å². The van der Waals surface area contributed by atoms with Crippen LogP contribution in [0.5, 0.6) is 5.88 Å². The monoisotopic (exact) mass is 278 g/mol. The molecular formula is C14H22N4O2. The van der Waals surface area contributed by atoms with E-state index in [0.29, 0.717) is 24.8 Å². The first kappa shape index (κ1) is 14.6. The third-order valence-electron chi connectivity index (χ3n) is 3.56. The van der Waals surface area contributed by atoms with E-state index in [1.54, 1.807) is 0 Å². The maximum absolute atomic E-state index is 10.9. The largest absolute Gasteiger partial charge is 0.478 e. The van der Waals surface area contributed by atoms with Crippen molar-refractivity contribution in [2.45, 2.75) is 32.6 Å². The van der Waals surface area contributed by atoms with Crippen LogP contribution in [0.2, 0.25) is 0 Å². The van der Waals surface area contributed by atoms with E-state index in [4.69, 9.17) is 10.5 Å². The van der Waals surface area contributed by atoms with Crippen molar-refractivity contribution in [3.05, 3.63) is 12.4 Å². The van der Waals surface area contributed by atoms with Crippen LogP contribution in [0.3, 0.4) is 0 Å². The molecule has 1 aliphatic heterocycles. The fraction of sp³-hybridized carbons (Fsp3) is 0.643. The van der Waals surface area contributed by atoms with Gasteiger partial charge in [0.05, 0.1) is 6.61 Å². The van der Waals surface area contributed by atoms with Gasteiger partial charge in [-0.1, -0.05) is 0 Å². The molecular weight excluding hydrogens is 256 g/mol. The summed E-state index contributed by atoms with van der Waals surface area (Å²) >= 11 is 0. The van der Waals surface area contributed by atoms with Crippen molar-refractivity contribution in [2.24, 2.45) is 11.7 Å². The normalized spacial score (nSPS) is 18.9. The van der Waals surface area contributed by atoms with Gasteiger partial charge in [-0.2, -0.15) is 0 Å². The second-order valence-corrected chi connectivity index (χ2v) is 5.11. The lowest BCUT2D eigenvalue weighted by Crippen LogP contribution is -2.36. The summed E-state index contributed by atoms with van der Waals surface area (Å²) in [5, 5.41) is 0. The predicted molar refractivity (Wildman–Crippen MR) is 76.6 cm³/mol. The maximum atomic E-state index is 10.9. The summed E-state index contributed by atoms with van der Waals surface area (Å²) in [4.78, 5) is 21.5. The van der Waals surface area contributed by atoms with Crippen LogP contribution in [0.15, 0.2) is 12.4 Å². The molecule has 0 aliphatic carbocycles. The van der Waals surface area contributed by atoms with E-state index >= 15 is 0 Å². The van der Waals surface area contributed by atoms with Gasteiger partial charge in [0.2, 0.25) is 11.8 Å². The van der Waals surface area contributed by atoms with Crippen molar-refractivity contribution in [2.75, 3.05) is 24.6 Å². The summed E-state index contributed by atoms with van der Waals surface area (Å²) < 4.78 is 5.40. The van der Waals surface area contributed by atoms with Crippen LogP contribution in [0.25, 0.3) is 0 Å². The highest BCUT2D eigenvalue weighted by Gasteiger charge is 2.21. The lowest BCUT2D eigenvalue weighted by Gasteiger charge is -2.33. The van der Waals surface area contributed by atoms with Gasteiger partial charge in [-0.25, -0.2) is 9.97 Å². The van der Waals surface area contributed by atoms with Gasteiger partial charge < -0.3 is 15.4 Å². The zero-order valence-electron chi connectivity index (χ0n) is 11.9. The highest BCUT2D eigenvalue weighted by atomic mass is 16.5. The number of hydrogen-bond donors (Lipinski definition) is 1. The van der Waals surface area contributed by atoms with Crippen LogP contribution in [-0.4, -0.2) is 35.6 Å². The molecule has 1 aromatic rings. The highest BCUT2D eigenvalue weighted by Crippen LogP contribution is 2.25. The molecule has 1 amide bonds. The average Bonchev–Trinajstić information content (AvgIpc) is 2.46. The molecule has 0 saturated carbocycles. The molecule has 6 heteroatoms. The molecule has 0 bridgehead atoms. The van der Waals surface area contributed by atoms with E-state index in [9.17, 15) is 4.79 Å². The van der Waals surface area contributed by atoms with E-state index in [0.717, 1.165) is 38.2 Å². The van der Waals surface area contributed by atoms with Crippen LogP contribution in [0.4, 0.5) is 5.82 Å². The SMILES string of the molecule is CCOc1cc(N2CCC[C@H](CCC(N)=O)C2)ncn1. The van der Waals surface area contributed by atoms with Crippen molar-refractivity contribution in [1.29, 1.82) is 0 Å². The molecule has 0 aromatic carbocycles. The van der Waals surface area contributed by atoms with Gasteiger partial charge in [0.15, 0.2) is 0 Å². The van der Waals surface area contributed by atoms with E-state index in [-0.39, 0.29) is 5.91 Å². The Hall–Kier alpha value is -1.85. The van der Waals surface area contributed by atoms with Crippen LogP contribution in [-0.2, 0) is 4.79 Å². The second-order valence-electron chi connectivity index (χ2n) is 5.11. The number of carbonyl (C=O) groups is 1. The Kier molecular flexibility index (Phi) is 5.15. The van der Waals surface area contributed by atoms with Gasteiger partial charge >= 0.3 is 0 Å². The lowest BCUT2D eigenvalue weighted by molar-refractivity contribution is -0.118. The van der Waals surface area contributed by atoms with Gasteiger partial charge in [0.25, 0.3) is 0 Å². The Bertz CT molecular complexity index is 453. The number of anilines is 1. The molecule has 20 heavy (non-hydrogen) atoms. The molecule has 1 fully saturated rings. The Morgan fingerprint density at radius 3 is 3.15 bits per heavy atom. The molecule has 0 unspecified atom stereocenters. The Morgan fingerprint density at radius 2 is 2.40 bits per heavy atom. The molecule has 1 aromatic heterocycles. The van der Waals surface area contributed by atoms with Crippen LogP contribution < -0.4 is 15.4 Å². The molecule has 0 spiro atoms. The zero-order valence-corrected chi connectivity index (χ0v) is 11.9. The fourth-order valence-electron chi connectivity index (χ4n) is 2.58. The average molecular weight is 278 g/mol. The first-order chi connectivity index (χ1) is 9.69. The quantitative estimate of drug-likeness (QED) is 0.849. The Labute approximate surface area is 119 Å². The third kappa shape index (κ3) is 4.08. The molecule has 0 radical (unpaired) electrons. The number of amides is 1. The summed E-state index contributed by atoms with van der Waals surface area (Å²) in [6, 6.07) is 1.87. The van der Waals surface area contributed by atoms with E-state index in [1.165, 1.54) is 6.33 Å². The van der Waals surface area contributed by atoms with Crippen LogP contribution >= 0.6 is 0 Å². The molecule has 2 rings (SSSR count). The number of rotatable bonds is 6. The van der Waals surface area contributed by atoms with E-state index in [1.807, 2.05) is 13.0 Å². The molecule has 1 atom stereocenters. The van der Waals surface area contributed by atoms with Crippen molar-refractivity contribution < 1.29 is 9.53 Å². The minimum Gasteiger partial charge on any atom is -0.478 e. The summed E-state index contributed by atoms with van der Waals surface area (Å²) in [6.45, 7) is 4.42. The first-order valence-electron chi connectivity index (χ1n) is 7.17. The number of aromatic nitrogens is 2. The van der Waals surface area contributed by atoms with Gasteiger partial charge in [0, 0.05) is 25.6 Å². The number of ether oxygens (including phenoxy) is 1. The van der Waals surface area contributed by atoms with Crippen molar-refractivity contribution >= 4 is 11.7 Å². The van der Waals surface area contributed by atoms with Crippen molar-refractivity contribution in [1.82, 2.24) is 9.97 Å². The van der Waals surface area contributed by atoms with Gasteiger partial charge in [-0.15, -0.1) is 0 Å². The molecule has 1 saturated heterocycles. The van der Waals surface area contributed by atoms with Crippen molar-refractivity contribution in [3.8, 4) is 5.88 Å². The zero-order chi connectivity index (χ0) is 14.4. The van der Waals surface area contributed by atoms with E-state index < -0.39 is 0 Å². The lowest BCUT2D eigenvalue weighted by atomic mass is 9.93. The molecule has 2 N–H and O–H groups in total. The van der Waals surface area contributed by atoms with E-state index in [2.05, 4.69) is 14.9 Å². The Balaban J connectivity index is 1.97. The van der Waals surface area contributed by atoms with Gasteiger partial charge in [-0.05, 0) is 32.1 Å². The highest BCUT2D eigenvalue weighted by molar-refractivity contribution is 5.73. The second kappa shape index (κ2) is 7.07. The number of carbonyl (C=O) groups excluding carboxylic acids is 1. The summed E-state index contributed by atoms with van der Waals surface area (Å²) in [5.41, 5.74) is 5.22. The summed E-state index contributed by atoms with van der Waals surface area (Å²) in [6.07, 6.45) is 5.11. The minimum atomic E-state index is -0.220. The molecule has 6 nitrogen and oxygen atoms in total. The van der Waals surface area contributed by atoms with Crippen molar-refractivity contribution in [3.63, 3.8) is 0 Å². The number of nitrogens with zero attached hydrogens (tertiary/aromatic N) is 3. The molecule has 110 valence electrons. The predicted octanol–water partition coefficient (Wildman–Crippen LogP) is 1.36. The van der Waals surface area contributed by atoms with Crippen LogP contribution in [0.1, 0.15) is 32.6 Å². The number of primary amides is 1. The Morgan fingerprint density at radius 1 is 1.55 bits per heavy atom. The minimum absolute atomic E-state index is 0.220. The topological polar surface area (TPSA) is 81.3 Å². The smallest absolute Gasteiger partial charge is 0.218 e. The summed E-state index contributed by atoms with van der Waals surface area (Å²) in [7, 11) is 0. The molecule has 2 heterocycles. The number of hydrogen-bond acceptors (Lipinski definition) is 5.